The smallest absolute Gasteiger partial charge is 0.463 e. The minimum absolute atomic E-state index is 0.0762. The zero-order valence-corrected chi connectivity index (χ0v) is 37.2. The highest BCUT2D eigenvalue weighted by atomic mass is 31.2. The van der Waals surface area contributed by atoms with Gasteiger partial charge in [0.15, 0.2) is 0 Å². The first-order chi connectivity index (χ1) is 27.3. The number of ether oxygens (including phenoxy) is 1. The molecule has 2 atom stereocenters. The molecule has 56 heavy (non-hydrogen) atoms. The average molecular weight is 814 g/mol. The van der Waals surface area contributed by atoms with Crippen molar-refractivity contribution in [2.24, 2.45) is 0 Å². The summed E-state index contributed by atoms with van der Waals surface area (Å²) < 4.78 is 26.9. The lowest BCUT2D eigenvalue weighted by atomic mass is 10.0. The fourth-order valence-electron chi connectivity index (χ4n) is 6.59. The van der Waals surface area contributed by atoms with Crippen LogP contribution in [0.3, 0.4) is 0 Å². The summed E-state index contributed by atoms with van der Waals surface area (Å²) in [6, 6.07) is 0. The van der Waals surface area contributed by atoms with Crippen LogP contribution in [0, 0.1) is 0 Å². The normalized spacial score (nSPS) is 13.4. The van der Waals surface area contributed by atoms with Crippen molar-refractivity contribution in [2.45, 2.75) is 232 Å². The van der Waals surface area contributed by atoms with E-state index in [0.29, 0.717) is 6.42 Å². The predicted octanol–water partition coefficient (Wildman–Crippen LogP) is 13.2. The fraction of sp³-hybridized carbons (Fsp3) is 0.870. The summed E-state index contributed by atoms with van der Waals surface area (Å²) in [5.74, 6) is -0.522. The minimum atomic E-state index is -4.42. The monoisotopic (exact) mass is 814 g/mol. The van der Waals surface area contributed by atoms with Gasteiger partial charge >= 0.3 is 13.8 Å². The van der Waals surface area contributed by atoms with Crippen molar-refractivity contribution in [3.05, 3.63) is 24.3 Å². The maximum atomic E-state index is 12.1. The molecule has 0 radical (unpaired) electrons. The second-order valence-electron chi connectivity index (χ2n) is 15.7. The van der Waals surface area contributed by atoms with Crippen LogP contribution < -0.4 is 5.32 Å². The van der Waals surface area contributed by atoms with Gasteiger partial charge in [0.2, 0.25) is 5.91 Å². The van der Waals surface area contributed by atoms with Gasteiger partial charge in [-0.05, 0) is 44.9 Å². The molecule has 0 rings (SSSR count). The van der Waals surface area contributed by atoms with Crippen molar-refractivity contribution in [1.82, 2.24) is 5.32 Å². The number of esters is 1. The third-order valence-corrected chi connectivity index (χ3v) is 11.1. The summed E-state index contributed by atoms with van der Waals surface area (Å²) in [7, 11) is -4.42. The van der Waals surface area contributed by atoms with Gasteiger partial charge in [0.25, 0.3) is 0 Å². The Hall–Kier alpha value is -1.51. The van der Waals surface area contributed by atoms with E-state index in [2.05, 4.69) is 43.5 Å². The van der Waals surface area contributed by atoms with E-state index in [1.807, 2.05) is 0 Å². The molecule has 0 aromatic heterocycles. The molecule has 0 saturated carbocycles. The molecule has 0 spiro atoms. The Morgan fingerprint density at radius 2 is 0.964 bits per heavy atom. The number of allylic oxidation sites excluding steroid dienone is 4. The molecule has 0 aliphatic carbocycles. The van der Waals surface area contributed by atoms with Crippen LogP contribution in [-0.4, -0.2) is 54.3 Å². The van der Waals surface area contributed by atoms with E-state index in [4.69, 9.17) is 13.8 Å². The molecule has 0 heterocycles. The molecule has 9 nitrogen and oxygen atoms in total. The number of aliphatic hydroxyl groups excluding tert-OH is 1. The quantitative estimate of drug-likeness (QED) is 0.0240. The molecule has 10 heteroatoms. The van der Waals surface area contributed by atoms with Gasteiger partial charge in [-0.1, -0.05) is 192 Å². The Morgan fingerprint density at radius 3 is 1.45 bits per heavy atom. The van der Waals surface area contributed by atoms with Crippen LogP contribution >= 0.6 is 7.82 Å². The molecule has 330 valence electrons. The first kappa shape index (κ1) is 54.5. The van der Waals surface area contributed by atoms with Crippen LogP contribution in [0.1, 0.15) is 226 Å². The number of phosphoric ester groups is 1. The molecule has 0 aromatic carbocycles. The van der Waals surface area contributed by atoms with Crippen LogP contribution in [-0.2, 0) is 27.9 Å². The van der Waals surface area contributed by atoms with E-state index in [1.165, 1.54) is 135 Å². The van der Waals surface area contributed by atoms with Crippen LogP contribution in [0.25, 0.3) is 0 Å². The molecular weight excluding hydrogens is 725 g/mol. The number of phosphoric acid groups is 1. The number of unbranched alkanes of at least 4 members (excludes halogenated alkanes) is 27. The summed E-state index contributed by atoms with van der Waals surface area (Å²) in [5, 5.41) is 12.7. The molecule has 0 bridgehead atoms. The molecule has 0 aromatic rings. The van der Waals surface area contributed by atoms with Crippen molar-refractivity contribution >= 4 is 19.7 Å². The number of aliphatic hydroxyl groups is 1. The number of hydrogen-bond acceptors (Lipinski definition) is 7. The maximum absolute atomic E-state index is 12.1. The molecule has 2 unspecified atom stereocenters. The summed E-state index contributed by atoms with van der Waals surface area (Å²) in [5.41, 5.74) is 0. The molecule has 0 saturated heterocycles. The predicted molar refractivity (Wildman–Crippen MR) is 234 cm³/mol. The summed E-state index contributed by atoms with van der Waals surface area (Å²) in [6.45, 7) is 3.55. The summed E-state index contributed by atoms with van der Waals surface area (Å²) >= 11 is 0. The van der Waals surface area contributed by atoms with Crippen LogP contribution in [0.4, 0.5) is 0 Å². The van der Waals surface area contributed by atoms with Crippen LogP contribution in [0.15, 0.2) is 24.3 Å². The van der Waals surface area contributed by atoms with Crippen molar-refractivity contribution < 1.29 is 37.9 Å². The Labute approximate surface area is 344 Å². The number of carbonyl (C=O) groups is 2. The number of nitrogens with one attached hydrogen (secondary N) is 1. The second-order valence-corrected chi connectivity index (χ2v) is 17.2. The van der Waals surface area contributed by atoms with Gasteiger partial charge in [-0.3, -0.25) is 18.6 Å². The first-order valence-corrected chi connectivity index (χ1v) is 24.8. The Bertz CT molecular complexity index is 975. The highest BCUT2D eigenvalue weighted by molar-refractivity contribution is 7.47. The molecule has 3 N–H and O–H groups in total. The second kappa shape index (κ2) is 43.1. The number of carbonyl (C=O) groups excluding carboxylic acids is 2. The third kappa shape index (κ3) is 43.6. The van der Waals surface area contributed by atoms with E-state index in [0.717, 1.165) is 64.2 Å². The van der Waals surface area contributed by atoms with Gasteiger partial charge < -0.3 is 20.1 Å². The van der Waals surface area contributed by atoms with Crippen molar-refractivity contribution in [2.75, 3.05) is 26.4 Å². The lowest BCUT2D eigenvalue weighted by molar-refractivity contribution is -0.147. The van der Waals surface area contributed by atoms with E-state index in [-0.39, 0.29) is 32.1 Å². The SMILES string of the molecule is CCCCCC/C=C\C/C=C\CCCCCCCC(=O)NCCOP(=O)(O)OCC(O)COC(=O)CCCCCCCCCCCCCCCCCCCCC. The first-order valence-electron chi connectivity index (χ1n) is 23.3. The average Bonchev–Trinajstić information content (AvgIpc) is 3.18. The van der Waals surface area contributed by atoms with Crippen molar-refractivity contribution in [3.63, 3.8) is 0 Å². The molecular formula is C46H88NO8P. The van der Waals surface area contributed by atoms with Gasteiger partial charge in [-0.2, -0.15) is 0 Å². The van der Waals surface area contributed by atoms with Gasteiger partial charge in [-0.25, -0.2) is 4.57 Å². The van der Waals surface area contributed by atoms with Crippen molar-refractivity contribution in [1.29, 1.82) is 0 Å². The number of amides is 1. The Kier molecular flexibility index (Phi) is 41.9. The minimum Gasteiger partial charge on any atom is -0.463 e. The van der Waals surface area contributed by atoms with Gasteiger partial charge in [0.05, 0.1) is 13.2 Å². The maximum Gasteiger partial charge on any atom is 0.472 e. The van der Waals surface area contributed by atoms with E-state index in [9.17, 15) is 24.2 Å². The third-order valence-electron chi connectivity index (χ3n) is 10.1. The largest absolute Gasteiger partial charge is 0.472 e. The molecule has 1 amide bonds. The Morgan fingerprint density at radius 1 is 0.554 bits per heavy atom. The molecule has 0 aliphatic heterocycles. The zero-order chi connectivity index (χ0) is 41.1. The van der Waals surface area contributed by atoms with E-state index in [1.54, 1.807) is 0 Å². The summed E-state index contributed by atoms with van der Waals surface area (Å²) in [4.78, 5) is 34.0. The van der Waals surface area contributed by atoms with Crippen LogP contribution in [0.2, 0.25) is 0 Å². The molecule has 0 aliphatic rings. The summed E-state index contributed by atoms with van der Waals surface area (Å²) in [6.07, 6.45) is 46.8. The van der Waals surface area contributed by atoms with Gasteiger partial charge in [0, 0.05) is 19.4 Å². The number of hydrogen-bond donors (Lipinski definition) is 3. The van der Waals surface area contributed by atoms with Gasteiger partial charge in [-0.15, -0.1) is 0 Å². The topological polar surface area (TPSA) is 131 Å². The molecule has 0 fully saturated rings. The Balaban J connectivity index is 3.57. The lowest BCUT2D eigenvalue weighted by Gasteiger charge is -2.15. The lowest BCUT2D eigenvalue weighted by Crippen LogP contribution is -2.27. The van der Waals surface area contributed by atoms with E-state index < -0.39 is 26.5 Å². The standard InChI is InChI=1S/C46H88NO8P/c1-3-5-7-9-11-13-15-17-19-21-22-23-25-27-29-31-33-35-37-39-46(50)53-42-44(48)43-55-56(51,52)54-41-40-47-45(49)38-36-34-32-30-28-26-24-20-18-16-14-12-10-8-6-4-2/h14,16,20,24,44,48H,3-13,15,17-19,21-23,25-43H2,1-2H3,(H,47,49)(H,51,52)/b16-14-,24-20-. The van der Waals surface area contributed by atoms with E-state index >= 15 is 0 Å². The van der Waals surface area contributed by atoms with Crippen LogP contribution in [0.5, 0.6) is 0 Å². The highest BCUT2D eigenvalue weighted by Gasteiger charge is 2.23. The highest BCUT2D eigenvalue weighted by Crippen LogP contribution is 2.42. The van der Waals surface area contributed by atoms with Gasteiger partial charge in [0.1, 0.15) is 12.7 Å². The fourth-order valence-corrected chi connectivity index (χ4v) is 7.35. The van der Waals surface area contributed by atoms with Crippen molar-refractivity contribution in [3.8, 4) is 0 Å². The number of rotatable bonds is 44. The zero-order valence-electron chi connectivity index (χ0n) is 36.3.